The monoisotopic (exact) mass is 326 g/mol. The van der Waals surface area contributed by atoms with Crippen molar-refractivity contribution in [1.82, 2.24) is 10.6 Å². The van der Waals surface area contributed by atoms with Crippen LogP contribution >= 0.6 is 11.8 Å². The summed E-state index contributed by atoms with van der Waals surface area (Å²) >= 11 is 1.68. The van der Waals surface area contributed by atoms with E-state index in [0.717, 1.165) is 23.5 Å². The molecule has 22 heavy (non-hydrogen) atoms. The Morgan fingerprint density at radius 1 is 1.32 bits per heavy atom. The number of rotatable bonds is 9. The average Bonchev–Trinajstić information content (AvgIpc) is 2.52. The highest BCUT2D eigenvalue weighted by molar-refractivity contribution is 7.98. The van der Waals surface area contributed by atoms with Crippen LogP contribution in [0.1, 0.15) is 18.9 Å². The van der Waals surface area contributed by atoms with E-state index in [4.69, 9.17) is 4.74 Å². The number of benzene rings is 1. The van der Waals surface area contributed by atoms with Crippen molar-refractivity contribution in [2.24, 2.45) is 0 Å². The largest absolute Gasteiger partial charge is 0.497 e. The zero-order valence-corrected chi connectivity index (χ0v) is 14.3. The molecule has 0 saturated carbocycles. The lowest BCUT2D eigenvalue weighted by molar-refractivity contribution is 0.0594. The summed E-state index contributed by atoms with van der Waals surface area (Å²) in [7, 11) is 1.63. The Morgan fingerprint density at radius 2 is 2.00 bits per heavy atom. The Kier molecular flexibility index (Phi) is 8.12. The number of aliphatic hydroxyl groups is 1. The molecule has 1 aromatic carbocycles. The third-order valence-corrected chi connectivity index (χ3v) is 3.95. The zero-order chi connectivity index (χ0) is 16.4. The van der Waals surface area contributed by atoms with Crippen LogP contribution in [0.4, 0.5) is 4.79 Å². The number of hydrogen-bond donors (Lipinski definition) is 3. The minimum absolute atomic E-state index is 0.252. The fourth-order valence-corrected chi connectivity index (χ4v) is 2.50. The standard InChI is InChI=1S/C16H26N2O3S/c1-16(20,9-11-22-3)12-18-15(19)17-10-8-13-4-6-14(21-2)7-5-13/h4-7,20H,8-12H2,1-3H3,(H2,17,18,19)/t16-/m1/s1. The highest BCUT2D eigenvalue weighted by atomic mass is 32.2. The van der Waals surface area contributed by atoms with Crippen LogP contribution in [0.25, 0.3) is 0 Å². The van der Waals surface area contributed by atoms with Crippen molar-refractivity contribution in [3.63, 3.8) is 0 Å². The molecule has 0 aliphatic rings. The Morgan fingerprint density at radius 3 is 2.59 bits per heavy atom. The maximum absolute atomic E-state index is 11.7. The van der Waals surface area contributed by atoms with Crippen molar-refractivity contribution >= 4 is 17.8 Å². The van der Waals surface area contributed by atoms with Gasteiger partial charge in [-0.1, -0.05) is 12.1 Å². The van der Waals surface area contributed by atoms with Crippen LogP contribution in [0.5, 0.6) is 5.75 Å². The molecule has 6 heteroatoms. The molecule has 0 bridgehead atoms. The molecular weight excluding hydrogens is 300 g/mol. The van der Waals surface area contributed by atoms with Crippen LogP contribution < -0.4 is 15.4 Å². The quantitative estimate of drug-likeness (QED) is 0.649. The second-order valence-electron chi connectivity index (χ2n) is 5.45. The molecule has 1 rings (SSSR count). The summed E-state index contributed by atoms with van der Waals surface area (Å²) in [5, 5.41) is 15.6. The second kappa shape index (κ2) is 9.58. The highest BCUT2D eigenvalue weighted by Gasteiger charge is 2.20. The minimum Gasteiger partial charge on any atom is -0.497 e. The molecule has 0 radical (unpaired) electrons. The third kappa shape index (κ3) is 7.56. The number of carbonyl (C=O) groups excluding carboxylic acids is 1. The molecule has 0 aliphatic heterocycles. The summed E-state index contributed by atoms with van der Waals surface area (Å²) in [6.45, 7) is 2.54. The molecule has 0 unspecified atom stereocenters. The van der Waals surface area contributed by atoms with Crippen LogP contribution in [0.3, 0.4) is 0 Å². The summed E-state index contributed by atoms with van der Waals surface area (Å²) in [6.07, 6.45) is 3.40. The SMILES string of the molecule is COc1ccc(CCNC(=O)NC[C@](C)(O)CCSC)cc1. The topological polar surface area (TPSA) is 70.6 Å². The van der Waals surface area contributed by atoms with Gasteiger partial charge >= 0.3 is 6.03 Å². The highest BCUT2D eigenvalue weighted by Crippen LogP contribution is 2.12. The first-order chi connectivity index (χ1) is 10.5. The van der Waals surface area contributed by atoms with Crippen LogP contribution in [0, 0.1) is 0 Å². The van der Waals surface area contributed by atoms with Gasteiger partial charge in [0.15, 0.2) is 0 Å². The van der Waals surface area contributed by atoms with E-state index < -0.39 is 5.60 Å². The van der Waals surface area contributed by atoms with Crippen molar-refractivity contribution in [2.75, 3.05) is 32.2 Å². The van der Waals surface area contributed by atoms with E-state index in [-0.39, 0.29) is 12.6 Å². The minimum atomic E-state index is -0.865. The van der Waals surface area contributed by atoms with Gasteiger partial charge in [-0.2, -0.15) is 11.8 Å². The molecule has 0 aromatic heterocycles. The predicted molar refractivity (Wildman–Crippen MR) is 91.7 cm³/mol. The molecule has 0 saturated heterocycles. The van der Waals surface area contributed by atoms with Crippen LogP contribution in [0.15, 0.2) is 24.3 Å². The Hall–Kier alpha value is -1.40. The summed E-state index contributed by atoms with van der Waals surface area (Å²) in [5.41, 5.74) is 0.268. The summed E-state index contributed by atoms with van der Waals surface area (Å²) in [5.74, 6) is 1.69. The van der Waals surface area contributed by atoms with Crippen LogP contribution in [0.2, 0.25) is 0 Å². The van der Waals surface area contributed by atoms with Gasteiger partial charge in [-0.05, 0) is 49.5 Å². The molecule has 0 aliphatic carbocycles. The Labute approximate surface area is 136 Å². The van der Waals surface area contributed by atoms with Gasteiger partial charge in [-0.3, -0.25) is 0 Å². The molecule has 124 valence electrons. The number of carbonyl (C=O) groups is 1. The van der Waals surface area contributed by atoms with Crippen LogP contribution in [-0.4, -0.2) is 48.9 Å². The first-order valence-corrected chi connectivity index (χ1v) is 8.72. The van der Waals surface area contributed by atoms with E-state index >= 15 is 0 Å². The molecule has 3 N–H and O–H groups in total. The fraction of sp³-hybridized carbons (Fsp3) is 0.562. The lowest BCUT2D eigenvalue weighted by atomic mass is 10.0. The van der Waals surface area contributed by atoms with E-state index in [9.17, 15) is 9.90 Å². The predicted octanol–water partition coefficient (Wildman–Crippen LogP) is 2.04. The maximum atomic E-state index is 11.7. The van der Waals surface area contributed by atoms with Crippen molar-refractivity contribution < 1.29 is 14.6 Å². The Bertz CT molecular complexity index is 449. The fourth-order valence-electron chi connectivity index (χ4n) is 1.86. The average molecular weight is 326 g/mol. The molecular formula is C16H26N2O3S. The van der Waals surface area contributed by atoms with E-state index in [2.05, 4.69) is 10.6 Å². The van der Waals surface area contributed by atoms with Gasteiger partial charge in [-0.25, -0.2) is 4.79 Å². The van der Waals surface area contributed by atoms with Gasteiger partial charge in [0.2, 0.25) is 0 Å². The van der Waals surface area contributed by atoms with E-state index in [0.29, 0.717) is 13.0 Å². The Balaban J connectivity index is 2.22. The summed E-state index contributed by atoms with van der Waals surface area (Å²) < 4.78 is 5.10. The lowest BCUT2D eigenvalue weighted by Gasteiger charge is -2.23. The summed E-state index contributed by atoms with van der Waals surface area (Å²) in [6, 6.07) is 7.51. The molecule has 0 fully saturated rings. The maximum Gasteiger partial charge on any atom is 0.314 e. The number of ether oxygens (including phenoxy) is 1. The van der Waals surface area contributed by atoms with E-state index in [1.807, 2.05) is 30.5 Å². The van der Waals surface area contributed by atoms with Gasteiger partial charge in [-0.15, -0.1) is 0 Å². The van der Waals surface area contributed by atoms with Crippen molar-refractivity contribution in [3.05, 3.63) is 29.8 Å². The van der Waals surface area contributed by atoms with Gasteiger partial charge in [0.25, 0.3) is 0 Å². The van der Waals surface area contributed by atoms with Gasteiger partial charge in [0.1, 0.15) is 5.75 Å². The second-order valence-corrected chi connectivity index (χ2v) is 6.43. The molecule has 0 spiro atoms. The van der Waals surface area contributed by atoms with Gasteiger partial charge in [0, 0.05) is 13.1 Å². The van der Waals surface area contributed by atoms with Gasteiger partial charge in [0.05, 0.1) is 12.7 Å². The van der Waals surface area contributed by atoms with Crippen molar-refractivity contribution in [1.29, 1.82) is 0 Å². The van der Waals surface area contributed by atoms with Crippen molar-refractivity contribution in [2.45, 2.75) is 25.4 Å². The van der Waals surface area contributed by atoms with Crippen LogP contribution in [-0.2, 0) is 6.42 Å². The number of nitrogens with one attached hydrogen (secondary N) is 2. The van der Waals surface area contributed by atoms with Crippen molar-refractivity contribution in [3.8, 4) is 5.75 Å². The lowest BCUT2D eigenvalue weighted by Crippen LogP contribution is -2.45. The van der Waals surface area contributed by atoms with E-state index in [1.54, 1.807) is 25.8 Å². The number of methoxy groups -OCH3 is 1. The first-order valence-electron chi connectivity index (χ1n) is 7.33. The molecule has 1 atom stereocenters. The van der Waals surface area contributed by atoms with Gasteiger partial charge < -0.3 is 20.5 Å². The van der Waals surface area contributed by atoms with E-state index in [1.165, 1.54) is 0 Å². The number of amides is 2. The smallest absolute Gasteiger partial charge is 0.314 e. The molecule has 0 heterocycles. The zero-order valence-electron chi connectivity index (χ0n) is 13.5. The molecule has 2 amide bonds. The number of thioether (sulfide) groups is 1. The third-order valence-electron chi connectivity index (χ3n) is 3.33. The molecule has 5 nitrogen and oxygen atoms in total. The normalized spacial score (nSPS) is 13.3. The summed E-state index contributed by atoms with van der Waals surface area (Å²) in [4.78, 5) is 11.7. The first kappa shape index (κ1) is 18.6. The molecule has 1 aromatic rings. The number of hydrogen-bond acceptors (Lipinski definition) is 4. The number of urea groups is 1.